The molecule has 0 aliphatic rings. The number of hydrogen-bond donors (Lipinski definition) is 0. The maximum atomic E-state index is 5.72. The number of rotatable bonds is 3. The Balaban J connectivity index is 2.07. The Morgan fingerprint density at radius 1 is 1.17 bits per heavy atom. The molecule has 18 heavy (non-hydrogen) atoms. The molecule has 3 heteroatoms. The zero-order valence-electron chi connectivity index (χ0n) is 11.5. The Labute approximate surface area is 108 Å². The number of benzene rings is 1. The van der Waals surface area contributed by atoms with E-state index in [0.29, 0.717) is 12.5 Å². The molecular formula is C15H20N2O. The minimum Gasteiger partial charge on any atom is -0.472 e. The van der Waals surface area contributed by atoms with Gasteiger partial charge in [-0.15, -0.1) is 5.10 Å². The minimum atomic E-state index is 0.0795. The zero-order valence-corrected chi connectivity index (χ0v) is 11.5. The third kappa shape index (κ3) is 2.92. The first-order valence-electron chi connectivity index (χ1n) is 6.18. The predicted molar refractivity (Wildman–Crippen MR) is 72.7 cm³/mol. The molecule has 3 nitrogen and oxygen atoms in total. The average molecular weight is 244 g/mol. The van der Waals surface area contributed by atoms with Gasteiger partial charge >= 0.3 is 0 Å². The summed E-state index contributed by atoms with van der Waals surface area (Å²) < 4.78 is 7.61. The van der Waals surface area contributed by atoms with Gasteiger partial charge in [-0.25, -0.2) is 0 Å². The SMILES string of the molecule is Cn1nc(OCc2ccccc2)cc1C(C)(C)C. The van der Waals surface area contributed by atoms with Gasteiger partial charge in [0, 0.05) is 24.2 Å². The molecule has 0 N–H and O–H groups in total. The van der Waals surface area contributed by atoms with E-state index in [-0.39, 0.29) is 5.41 Å². The molecular weight excluding hydrogens is 224 g/mol. The summed E-state index contributed by atoms with van der Waals surface area (Å²) in [6, 6.07) is 12.1. The summed E-state index contributed by atoms with van der Waals surface area (Å²) in [6.07, 6.45) is 0. The molecule has 0 spiro atoms. The van der Waals surface area contributed by atoms with Crippen molar-refractivity contribution in [1.82, 2.24) is 9.78 Å². The van der Waals surface area contributed by atoms with Crippen molar-refractivity contribution in [3.8, 4) is 5.88 Å². The lowest BCUT2D eigenvalue weighted by molar-refractivity contribution is 0.291. The van der Waals surface area contributed by atoms with Crippen LogP contribution in [0.3, 0.4) is 0 Å². The molecule has 0 amide bonds. The van der Waals surface area contributed by atoms with Crippen LogP contribution in [0.25, 0.3) is 0 Å². The predicted octanol–water partition coefficient (Wildman–Crippen LogP) is 3.30. The lowest BCUT2D eigenvalue weighted by Gasteiger charge is -2.17. The highest BCUT2D eigenvalue weighted by Crippen LogP contribution is 2.25. The van der Waals surface area contributed by atoms with Crippen LogP contribution >= 0.6 is 0 Å². The summed E-state index contributed by atoms with van der Waals surface area (Å²) in [5, 5.41) is 4.39. The van der Waals surface area contributed by atoms with Gasteiger partial charge in [0.25, 0.3) is 0 Å². The fourth-order valence-corrected chi connectivity index (χ4v) is 1.94. The van der Waals surface area contributed by atoms with Crippen LogP contribution in [-0.2, 0) is 19.1 Å². The van der Waals surface area contributed by atoms with Crippen LogP contribution in [0.15, 0.2) is 36.4 Å². The average Bonchev–Trinajstić information content (AvgIpc) is 2.69. The number of nitrogens with zero attached hydrogens (tertiary/aromatic N) is 2. The molecule has 1 heterocycles. The fourth-order valence-electron chi connectivity index (χ4n) is 1.94. The first-order chi connectivity index (χ1) is 8.47. The Kier molecular flexibility index (Phi) is 3.41. The van der Waals surface area contributed by atoms with Crippen molar-refractivity contribution in [3.05, 3.63) is 47.7 Å². The second kappa shape index (κ2) is 4.84. The molecule has 2 aromatic rings. The van der Waals surface area contributed by atoms with Crippen LogP contribution in [0.5, 0.6) is 5.88 Å². The second-order valence-corrected chi connectivity index (χ2v) is 5.52. The highest BCUT2D eigenvalue weighted by atomic mass is 16.5. The van der Waals surface area contributed by atoms with E-state index in [1.165, 1.54) is 5.69 Å². The third-order valence-electron chi connectivity index (χ3n) is 2.86. The molecule has 1 aromatic heterocycles. The van der Waals surface area contributed by atoms with Crippen LogP contribution in [0, 0.1) is 0 Å². The standard InChI is InChI=1S/C15H20N2O/c1-15(2,3)13-10-14(16-17(13)4)18-11-12-8-6-5-7-9-12/h5-10H,11H2,1-4H3. The Morgan fingerprint density at radius 2 is 1.83 bits per heavy atom. The molecule has 0 saturated carbocycles. The van der Waals surface area contributed by atoms with Crippen LogP contribution in [0.4, 0.5) is 0 Å². The molecule has 0 bridgehead atoms. The van der Waals surface area contributed by atoms with Crippen molar-refractivity contribution in [2.75, 3.05) is 0 Å². The first kappa shape index (κ1) is 12.7. The van der Waals surface area contributed by atoms with Crippen LogP contribution in [0.2, 0.25) is 0 Å². The van der Waals surface area contributed by atoms with Crippen molar-refractivity contribution in [3.63, 3.8) is 0 Å². The van der Waals surface area contributed by atoms with Gasteiger partial charge in [0.15, 0.2) is 0 Å². The van der Waals surface area contributed by atoms with E-state index in [1.54, 1.807) is 0 Å². The molecule has 0 radical (unpaired) electrons. The van der Waals surface area contributed by atoms with Crippen LogP contribution < -0.4 is 4.74 Å². The van der Waals surface area contributed by atoms with E-state index in [9.17, 15) is 0 Å². The van der Waals surface area contributed by atoms with Crippen molar-refractivity contribution in [2.24, 2.45) is 7.05 Å². The summed E-state index contributed by atoms with van der Waals surface area (Å²) in [5.41, 5.74) is 2.40. The number of hydrogen-bond acceptors (Lipinski definition) is 2. The summed E-state index contributed by atoms with van der Waals surface area (Å²) in [5.74, 6) is 0.686. The maximum absolute atomic E-state index is 5.72. The van der Waals surface area contributed by atoms with E-state index in [4.69, 9.17) is 4.74 Å². The van der Waals surface area contributed by atoms with E-state index in [1.807, 2.05) is 48.1 Å². The first-order valence-corrected chi connectivity index (χ1v) is 6.18. The minimum absolute atomic E-state index is 0.0795. The molecule has 1 aromatic carbocycles. The third-order valence-corrected chi connectivity index (χ3v) is 2.86. The van der Waals surface area contributed by atoms with Gasteiger partial charge in [-0.3, -0.25) is 4.68 Å². The van der Waals surface area contributed by atoms with Gasteiger partial charge in [0.2, 0.25) is 5.88 Å². The summed E-state index contributed by atoms with van der Waals surface area (Å²) in [4.78, 5) is 0. The molecule has 0 fully saturated rings. The molecule has 0 aliphatic heterocycles. The van der Waals surface area contributed by atoms with Crippen molar-refractivity contribution < 1.29 is 4.74 Å². The van der Waals surface area contributed by atoms with Crippen molar-refractivity contribution in [2.45, 2.75) is 32.8 Å². The van der Waals surface area contributed by atoms with E-state index in [0.717, 1.165) is 5.56 Å². The fraction of sp³-hybridized carbons (Fsp3) is 0.400. The van der Waals surface area contributed by atoms with E-state index < -0.39 is 0 Å². The van der Waals surface area contributed by atoms with E-state index in [2.05, 4.69) is 25.9 Å². The lowest BCUT2D eigenvalue weighted by Crippen LogP contribution is -2.16. The largest absolute Gasteiger partial charge is 0.472 e. The number of aryl methyl sites for hydroxylation is 1. The normalized spacial score (nSPS) is 11.6. The molecule has 0 saturated heterocycles. The van der Waals surface area contributed by atoms with Crippen LogP contribution in [-0.4, -0.2) is 9.78 Å². The summed E-state index contributed by atoms with van der Waals surface area (Å²) in [7, 11) is 1.95. The Hall–Kier alpha value is -1.77. The van der Waals surface area contributed by atoms with Gasteiger partial charge in [0.1, 0.15) is 6.61 Å². The van der Waals surface area contributed by atoms with Gasteiger partial charge in [0.05, 0.1) is 0 Å². The van der Waals surface area contributed by atoms with E-state index >= 15 is 0 Å². The van der Waals surface area contributed by atoms with Crippen LogP contribution in [0.1, 0.15) is 32.0 Å². The van der Waals surface area contributed by atoms with Crippen molar-refractivity contribution >= 4 is 0 Å². The Bertz CT molecular complexity index is 509. The highest BCUT2D eigenvalue weighted by molar-refractivity contribution is 5.22. The van der Waals surface area contributed by atoms with Gasteiger partial charge in [-0.2, -0.15) is 0 Å². The Morgan fingerprint density at radius 3 is 2.39 bits per heavy atom. The molecule has 0 unspecified atom stereocenters. The lowest BCUT2D eigenvalue weighted by atomic mass is 9.92. The van der Waals surface area contributed by atoms with Gasteiger partial charge in [-0.05, 0) is 5.56 Å². The van der Waals surface area contributed by atoms with Crippen molar-refractivity contribution in [1.29, 1.82) is 0 Å². The molecule has 0 atom stereocenters. The van der Waals surface area contributed by atoms with Gasteiger partial charge in [-0.1, -0.05) is 51.1 Å². The quantitative estimate of drug-likeness (QED) is 0.828. The zero-order chi connectivity index (χ0) is 13.2. The summed E-state index contributed by atoms with van der Waals surface area (Å²) >= 11 is 0. The van der Waals surface area contributed by atoms with Gasteiger partial charge < -0.3 is 4.74 Å². The molecule has 96 valence electrons. The second-order valence-electron chi connectivity index (χ2n) is 5.52. The number of aromatic nitrogens is 2. The smallest absolute Gasteiger partial charge is 0.233 e. The topological polar surface area (TPSA) is 27.1 Å². The molecule has 2 rings (SSSR count). The highest BCUT2D eigenvalue weighted by Gasteiger charge is 2.19. The monoisotopic (exact) mass is 244 g/mol. The molecule has 0 aliphatic carbocycles. The maximum Gasteiger partial charge on any atom is 0.233 e. The number of ether oxygens (including phenoxy) is 1. The summed E-state index contributed by atoms with van der Waals surface area (Å²) in [6.45, 7) is 7.07.